The monoisotopic (exact) mass is 333 g/mol. The summed E-state index contributed by atoms with van der Waals surface area (Å²) in [4.78, 5) is 4.55. The molecule has 1 saturated carbocycles. The molecule has 8 nitrogen and oxygen atoms in total. The molecule has 3 aromatic heterocycles. The van der Waals surface area contributed by atoms with E-state index in [2.05, 4.69) is 25.4 Å². The van der Waals surface area contributed by atoms with Crippen molar-refractivity contribution in [2.45, 2.75) is 24.8 Å². The minimum absolute atomic E-state index is 0.290. The van der Waals surface area contributed by atoms with Gasteiger partial charge in [0.05, 0.1) is 17.4 Å². The Labute approximate surface area is 143 Å². The van der Waals surface area contributed by atoms with Gasteiger partial charge in [0, 0.05) is 18.2 Å². The van der Waals surface area contributed by atoms with E-state index >= 15 is 0 Å². The van der Waals surface area contributed by atoms with Crippen LogP contribution in [-0.4, -0.2) is 34.7 Å². The van der Waals surface area contributed by atoms with E-state index in [1.807, 2.05) is 41.1 Å². The molecule has 25 heavy (non-hydrogen) atoms. The van der Waals surface area contributed by atoms with Crippen molar-refractivity contribution in [3.63, 3.8) is 0 Å². The highest BCUT2D eigenvalue weighted by atomic mass is 16.5. The summed E-state index contributed by atoms with van der Waals surface area (Å²) < 4.78 is 9.29. The number of hydrogen-bond acceptors (Lipinski definition) is 6. The molecule has 5 rings (SSSR count). The van der Waals surface area contributed by atoms with Crippen molar-refractivity contribution in [3.05, 3.63) is 61.3 Å². The SMILES string of the molecule is c1ccc(-n2cc(-c3noc(C4CC(n5cnnc5)C4)n3)cn2)cc1. The Kier molecular flexibility index (Phi) is 3.19. The predicted octanol–water partition coefficient (Wildman–Crippen LogP) is 2.63. The first kappa shape index (κ1) is 14.1. The highest BCUT2D eigenvalue weighted by molar-refractivity contribution is 5.52. The molecule has 0 bridgehead atoms. The highest BCUT2D eigenvalue weighted by Gasteiger charge is 2.35. The van der Waals surface area contributed by atoms with Gasteiger partial charge in [0.15, 0.2) is 0 Å². The van der Waals surface area contributed by atoms with E-state index in [4.69, 9.17) is 4.52 Å². The van der Waals surface area contributed by atoms with Crippen LogP contribution in [0.4, 0.5) is 0 Å². The number of hydrogen-bond donors (Lipinski definition) is 0. The first-order valence-electron chi connectivity index (χ1n) is 8.15. The highest BCUT2D eigenvalue weighted by Crippen LogP contribution is 2.44. The Morgan fingerprint density at radius 2 is 1.84 bits per heavy atom. The average Bonchev–Trinajstić information content (AvgIpc) is 3.36. The van der Waals surface area contributed by atoms with Gasteiger partial charge in [0.25, 0.3) is 0 Å². The normalized spacial score (nSPS) is 19.7. The number of para-hydroxylation sites is 1. The number of rotatable bonds is 4. The van der Waals surface area contributed by atoms with Crippen LogP contribution in [0.2, 0.25) is 0 Å². The summed E-state index contributed by atoms with van der Waals surface area (Å²) in [6, 6.07) is 10.3. The molecular formula is C17H15N7O. The fourth-order valence-electron chi connectivity index (χ4n) is 3.11. The second kappa shape index (κ2) is 5.66. The summed E-state index contributed by atoms with van der Waals surface area (Å²) in [5.41, 5.74) is 1.83. The molecule has 0 saturated heterocycles. The van der Waals surface area contributed by atoms with Crippen molar-refractivity contribution >= 4 is 0 Å². The second-order valence-electron chi connectivity index (χ2n) is 6.20. The molecule has 4 aromatic rings. The number of aromatic nitrogens is 7. The van der Waals surface area contributed by atoms with E-state index in [-0.39, 0.29) is 5.92 Å². The Hall–Kier alpha value is -3.29. The molecule has 0 aliphatic heterocycles. The van der Waals surface area contributed by atoms with Crippen molar-refractivity contribution in [2.75, 3.05) is 0 Å². The molecular weight excluding hydrogens is 318 g/mol. The van der Waals surface area contributed by atoms with E-state index in [0.717, 1.165) is 24.1 Å². The summed E-state index contributed by atoms with van der Waals surface area (Å²) in [7, 11) is 0. The molecule has 1 aromatic carbocycles. The van der Waals surface area contributed by atoms with Crippen LogP contribution in [0, 0.1) is 0 Å². The maximum absolute atomic E-state index is 5.46. The summed E-state index contributed by atoms with van der Waals surface area (Å²) >= 11 is 0. The van der Waals surface area contributed by atoms with Gasteiger partial charge in [-0.1, -0.05) is 23.4 Å². The lowest BCUT2D eigenvalue weighted by molar-refractivity contribution is 0.214. The van der Waals surface area contributed by atoms with E-state index in [1.54, 1.807) is 23.5 Å². The molecule has 8 heteroatoms. The molecule has 0 spiro atoms. The molecule has 0 amide bonds. The van der Waals surface area contributed by atoms with E-state index in [9.17, 15) is 0 Å². The molecule has 124 valence electrons. The van der Waals surface area contributed by atoms with Crippen LogP contribution in [0.15, 0.2) is 59.9 Å². The van der Waals surface area contributed by atoms with Crippen molar-refractivity contribution in [3.8, 4) is 17.1 Å². The van der Waals surface area contributed by atoms with Crippen LogP contribution in [-0.2, 0) is 0 Å². The van der Waals surface area contributed by atoms with Crippen molar-refractivity contribution < 1.29 is 4.52 Å². The minimum Gasteiger partial charge on any atom is -0.339 e. The van der Waals surface area contributed by atoms with Crippen molar-refractivity contribution in [1.29, 1.82) is 0 Å². The van der Waals surface area contributed by atoms with Crippen LogP contribution in [0.1, 0.15) is 30.7 Å². The fraction of sp³-hybridized carbons (Fsp3) is 0.235. The Morgan fingerprint density at radius 1 is 1.04 bits per heavy atom. The topological polar surface area (TPSA) is 87.5 Å². The molecule has 0 radical (unpaired) electrons. The van der Waals surface area contributed by atoms with Crippen molar-refractivity contribution in [2.24, 2.45) is 0 Å². The van der Waals surface area contributed by atoms with Crippen molar-refractivity contribution in [1.82, 2.24) is 34.7 Å². The van der Waals surface area contributed by atoms with Gasteiger partial charge in [-0.25, -0.2) is 4.68 Å². The van der Waals surface area contributed by atoms with Gasteiger partial charge in [-0.15, -0.1) is 10.2 Å². The Balaban J connectivity index is 1.31. The largest absolute Gasteiger partial charge is 0.339 e. The van der Waals surface area contributed by atoms with E-state index in [1.165, 1.54) is 0 Å². The van der Waals surface area contributed by atoms with E-state index in [0.29, 0.717) is 17.8 Å². The molecule has 0 N–H and O–H groups in total. The molecule has 3 heterocycles. The summed E-state index contributed by atoms with van der Waals surface area (Å²) in [5.74, 6) is 1.55. The standard InChI is InChI=1S/C17H15N7O/c1-2-4-14(5-3-1)24-9-13(8-20-24)16-21-17(25-22-16)12-6-15(7-12)23-10-18-19-11-23/h1-5,8-12,15H,6-7H2. The van der Waals surface area contributed by atoms with Gasteiger partial charge in [0.1, 0.15) is 12.7 Å². The van der Waals surface area contributed by atoms with Gasteiger partial charge in [-0.2, -0.15) is 10.1 Å². The minimum atomic E-state index is 0.290. The zero-order chi connectivity index (χ0) is 16.6. The maximum atomic E-state index is 5.46. The Morgan fingerprint density at radius 3 is 2.64 bits per heavy atom. The zero-order valence-electron chi connectivity index (χ0n) is 13.3. The lowest BCUT2D eigenvalue weighted by Crippen LogP contribution is -2.24. The van der Waals surface area contributed by atoms with Crippen LogP contribution < -0.4 is 0 Å². The van der Waals surface area contributed by atoms with Crippen LogP contribution in [0.5, 0.6) is 0 Å². The lowest BCUT2D eigenvalue weighted by atomic mass is 9.80. The lowest BCUT2D eigenvalue weighted by Gasteiger charge is -2.33. The third kappa shape index (κ3) is 2.51. The first-order chi connectivity index (χ1) is 12.4. The quantitative estimate of drug-likeness (QED) is 0.570. The number of nitrogens with zero attached hydrogens (tertiary/aromatic N) is 7. The van der Waals surface area contributed by atoms with Crippen LogP contribution >= 0.6 is 0 Å². The second-order valence-corrected chi connectivity index (χ2v) is 6.20. The van der Waals surface area contributed by atoms with Crippen LogP contribution in [0.25, 0.3) is 17.1 Å². The molecule has 1 fully saturated rings. The third-order valence-electron chi connectivity index (χ3n) is 4.62. The van der Waals surface area contributed by atoms with Crippen LogP contribution in [0.3, 0.4) is 0 Å². The summed E-state index contributed by atoms with van der Waals surface area (Å²) in [6.45, 7) is 0. The maximum Gasteiger partial charge on any atom is 0.230 e. The first-order valence-corrected chi connectivity index (χ1v) is 8.15. The van der Waals surface area contributed by atoms with Gasteiger partial charge in [0.2, 0.25) is 11.7 Å². The van der Waals surface area contributed by atoms with E-state index < -0.39 is 0 Å². The molecule has 1 aliphatic carbocycles. The van der Waals surface area contributed by atoms with Gasteiger partial charge < -0.3 is 9.09 Å². The zero-order valence-corrected chi connectivity index (χ0v) is 13.3. The molecule has 1 aliphatic rings. The number of benzene rings is 1. The van der Waals surface area contributed by atoms with Gasteiger partial charge in [-0.3, -0.25) is 0 Å². The smallest absolute Gasteiger partial charge is 0.230 e. The van der Waals surface area contributed by atoms with Gasteiger partial charge >= 0.3 is 0 Å². The van der Waals surface area contributed by atoms with Gasteiger partial charge in [-0.05, 0) is 25.0 Å². The predicted molar refractivity (Wildman–Crippen MR) is 87.9 cm³/mol. The summed E-state index contributed by atoms with van der Waals surface area (Å²) in [6.07, 6.45) is 9.08. The third-order valence-corrected chi connectivity index (χ3v) is 4.62. The Bertz CT molecular complexity index is 968. The summed E-state index contributed by atoms with van der Waals surface area (Å²) in [5, 5.41) is 16.2. The molecule has 0 unspecified atom stereocenters. The molecule has 0 atom stereocenters. The average molecular weight is 333 g/mol. The fourth-order valence-corrected chi connectivity index (χ4v) is 3.11.